The van der Waals surface area contributed by atoms with Gasteiger partial charge in [0.05, 0.1) is 19.5 Å². The number of aliphatic hydroxyl groups excluding tert-OH is 1. The van der Waals surface area contributed by atoms with Crippen LogP contribution < -0.4 is 0 Å². The Balaban J connectivity index is 2.10. The number of ether oxygens (including phenoxy) is 1. The minimum Gasteiger partial charge on any atom is -0.472 e. The molecular formula is C13H16N2O4S. The molecule has 0 bridgehead atoms. The van der Waals surface area contributed by atoms with E-state index in [2.05, 4.69) is 4.98 Å². The van der Waals surface area contributed by atoms with Crippen molar-refractivity contribution >= 4 is 17.2 Å². The van der Waals surface area contributed by atoms with Crippen LogP contribution in [0.2, 0.25) is 0 Å². The maximum atomic E-state index is 12.3. The number of amides is 1. The van der Waals surface area contributed by atoms with Gasteiger partial charge in [-0.05, 0) is 6.07 Å². The highest BCUT2D eigenvalue weighted by Crippen LogP contribution is 2.24. The summed E-state index contributed by atoms with van der Waals surface area (Å²) in [6.45, 7) is 1.02. The van der Waals surface area contributed by atoms with E-state index >= 15 is 0 Å². The fourth-order valence-electron chi connectivity index (χ4n) is 1.69. The number of aliphatic hydroxyl groups is 1. The highest BCUT2D eigenvalue weighted by molar-refractivity contribution is 7.13. The van der Waals surface area contributed by atoms with Gasteiger partial charge in [-0.3, -0.25) is 4.79 Å². The molecular weight excluding hydrogens is 280 g/mol. The van der Waals surface area contributed by atoms with Crippen LogP contribution in [0.15, 0.2) is 28.4 Å². The van der Waals surface area contributed by atoms with E-state index < -0.39 is 0 Å². The van der Waals surface area contributed by atoms with Crippen molar-refractivity contribution in [1.82, 2.24) is 9.88 Å². The van der Waals surface area contributed by atoms with Crippen molar-refractivity contribution in [3.8, 4) is 10.6 Å². The molecule has 0 fully saturated rings. The standard InChI is InChI=1S/C13H16N2O4S/c1-18-7-4-15(3-5-16)13(17)11-9-20-12(14-11)10-2-6-19-8-10/h2,6,8-9,16H,3-5,7H2,1H3. The number of furan rings is 1. The molecule has 2 aromatic rings. The van der Waals surface area contributed by atoms with Crippen molar-refractivity contribution in [3.63, 3.8) is 0 Å². The van der Waals surface area contributed by atoms with E-state index in [4.69, 9.17) is 14.3 Å². The number of hydrogen-bond acceptors (Lipinski definition) is 6. The van der Waals surface area contributed by atoms with Crippen LogP contribution in [-0.4, -0.2) is 54.3 Å². The first-order chi connectivity index (χ1) is 9.76. The van der Waals surface area contributed by atoms with Crippen LogP contribution in [0.4, 0.5) is 0 Å². The molecule has 2 rings (SSSR count). The summed E-state index contributed by atoms with van der Waals surface area (Å²) in [5, 5.41) is 11.5. The van der Waals surface area contributed by atoms with Crippen molar-refractivity contribution in [2.24, 2.45) is 0 Å². The zero-order valence-corrected chi connectivity index (χ0v) is 11.9. The molecule has 0 saturated carbocycles. The fraction of sp³-hybridized carbons (Fsp3) is 0.385. The summed E-state index contributed by atoms with van der Waals surface area (Å²) >= 11 is 1.38. The smallest absolute Gasteiger partial charge is 0.273 e. The molecule has 0 radical (unpaired) electrons. The molecule has 0 aliphatic rings. The van der Waals surface area contributed by atoms with E-state index in [9.17, 15) is 4.79 Å². The first-order valence-electron chi connectivity index (χ1n) is 6.13. The summed E-state index contributed by atoms with van der Waals surface area (Å²) in [5.74, 6) is -0.206. The summed E-state index contributed by atoms with van der Waals surface area (Å²) < 4.78 is 9.96. The zero-order valence-electron chi connectivity index (χ0n) is 11.1. The van der Waals surface area contributed by atoms with Crippen molar-refractivity contribution in [2.75, 3.05) is 33.4 Å². The summed E-state index contributed by atoms with van der Waals surface area (Å²) in [6.07, 6.45) is 3.15. The Hall–Kier alpha value is -1.70. The van der Waals surface area contributed by atoms with Crippen molar-refractivity contribution < 1.29 is 19.1 Å². The molecule has 0 atom stereocenters. The van der Waals surface area contributed by atoms with Gasteiger partial charge in [0, 0.05) is 31.1 Å². The van der Waals surface area contributed by atoms with Gasteiger partial charge in [0.15, 0.2) is 0 Å². The van der Waals surface area contributed by atoms with Crippen LogP contribution in [0.3, 0.4) is 0 Å². The quantitative estimate of drug-likeness (QED) is 0.837. The third-order valence-corrected chi connectivity index (χ3v) is 3.61. The minimum atomic E-state index is -0.206. The van der Waals surface area contributed by atoms with Gasteiger partial charge in [-0.25, -0.2) is 4.98 Å². The predicted molar refractivity (Wildman–Crippen MR) is 74.7 cm³/mol. The van der Waals surface area contributed by atoms with Gasteiger partial charge in [-0.15, -0.1) is 11.3 Å². The lowest BCUT2D eigenvalue weighted by molar-refractivity contribution is 0.0651. The number of carbonyl (C=O) groups excluding carboxylic acids is 1. The third-order valence-electron chi connectivity index (χ3n) is 2.71. The molecule has 1 amide bonds. The van der Waals surface area contributed by atoms with E-state index in [1.165, 1.54) is 16.2 Å². The van der Waals surface area contributed by atoms with Gasteiger partial charge < -0.3 is 19.2 Å². The maximum absolute atomic E-state index is 12.3. The van der Waals surface area contributed by atoms with Crippen LogP contribution >= 0.6 is 11.3 Å². The Morgan fingerprint density at radius 2 is 2.40 bits per heavy atom. The normalized spacial score (nSPS) is 10.7. The van der Waals surface area contributed by atoms with Crippen LogP contribution in [0.25, 0.3) is 10.6 Å². The SMILES string of the molecule is COCCN(CCO)C(=O)c1csc(-c2ccoc2)n1. The molecule has 108 valence electrons. The van der Waals surface area contributed by atoms with Gasteiger partial charge in [-0.1, -0.05) is 0 Å². The Morgan fingerprint density at radius 3 is 3.05 bits per heavy atom. The summed E-state index contributed by atoms with van der Waals surface area (Å²) in [4.78, 5) is 18.1. The molecule has 7 heteroatoms. The number of aromatic nitrogens is 1. The van der Waals surface area contributed by atoms with Crippen LogP contribution in [0.1, 0.15) is 10.5 Å². The van der Waals surface area contributed by atoms with Gasteiger partial charge in [-0.2, -0.15) is 0 Å². The Kier molecular flexibility index (Phi) is 5.28. The summed E-state index contributed by atoms with van der Waals surface area (Å²) in [5.41, 5.74) is 1.22. The average molecular weight is 296 g/mol. The third kappa shape index (κ3) is 3.44. The first kappa shape index (κ1) is 14.7. The molecule has 20 heavy (non-hydrogen) atoms. The second kappa shape index (κ2) is 7.18. The van der Waals surface area contributed by atoms with Crippen molar-refractivity contribution in [3.05, 3.63) is 29.7 Å². The summed E-state index contributed by atoms with van der Waals surface area (Å²) in [7, 11) is 1.57. The Bertz CT molecular complexity index is 538. The largest absolute Gasteiger partial charge is 0.472 e. The van der Waals surface area contributed by atoms with Crippen LogP contribution in [-0.2, 0) is 4.74 Å². The molecule has 0 unspecified atom stereocenters. The van der Waals surface area contributed by atoms with Gasteiger partial charge >= 0.3 is 0 Å². The zero-order chi connectivity index (χ0) is 14.4. The lowest BCUT2D eigenvalue weighted by Crippen LogP contribution is -2.36. The average Bonchev–Trinajstić information content (AvgIpc) is 3.12. The summed E-state index contributed by atoms with van der Waals surface area (Å²) in [6, 6.07) is 1.80. The molecule has 0 saturated heterocycles. The molecule has 2 heterocycles. The maximum Gasteiger partial charge on any atom is 0.273 e. The van der Waals surface area contributed by atoms with Crippen molar-refractivity contribution in [2.45, 2.75) is 0 Å². The minimum absolute atomic E-state index is 0.0891. The van der Waals surface area contributed by atoms with E-state index in [1.807, 2.05) is 0 Å². The van der Waals surface area contributed by atoms with E-state index in [1.54, 1.807) is 31.1 Å². The van der Waals surface area contributed by atoms with Crippen LogP contribution in [0, 0.1) is 0 Å². The Labute approximate surface area is 120 Å². The molecule has 1 N–H and O–H groups in total. The molecule has 2 aromatic heterocycles. The topological polar surface area (TPSA) is 75.8 Å². The Morgan fingerprint density at radius 1 is 1.55 bits per heavy atom. The number of nitrogens with zero attached hydrogens (tertiary/aromatic N) is 2. The number of rotatable bonds is 7. The van der Waals surface area contributed by atoms with E-state index in [0.29, 0.717) is 18.8 Å². The lowest BCUT2D eigenvalue weighted by atomic mass is 10.3. The van der Waals surface area contributed by atoms with E-state index in [0.717, 1.165) is 10.6 Å². The fourth-order valence-corrected chi connectivity index (χ4v) is 2.47. The number of hydrogen-bond donors (Lipinski definition) is 1. The number of carbonyl (C=O) groups is 1. The molecule has 6 nitrogen and oxygen atoms in total. The second-order valence-electron chi connectivity index (χ2n) is 4.06. The lowest BCUT2D eigenvalue weighted by Gasteiger charge is -2.20. The monoisotopic (exact) mass is 296 g/mol. The highest BCUT2D eigenvalue weighted by atomic mass is 32.1. The molecule has 0 aliphatic carbocycles. The molecule has 0 aliphatic heterocycles. The first-order valence-corrected chi connectivity index (χ1v) is 7.01. The molecule has 0 aromatic carbocycles. The predicted octanol–water partition coefficient (Wildman–Crippen LogP) is 1.48. The van der Waals surface area contributed by atoms with Crippen molar-refractivity contribution in [1.29, 1.82) is 0 Å². The van der Waals surface area contributed by atoms with Gasteiger partial charge in [0.1, 0.15) is 17.0 Å². The highest BCUT2D eigenvalue weighted by Gasteiger charge is 2.18. The van der Waals surface area contributed by atoms with Gasteiger partial charge in [0.25, 0.3) is 5.91 Å². The van der Waals surface area contributed by atoms with E-state index in [-0.39, 0.29) is 19.1 Å². The molecule has 0 spiro atoms. The van der Waals surface area contributed by atoms with Gasteiger partial charge in [0.2, 0.25) is 0 Å². The number of thiazole rings is 1. The number of methoxy groups -OCH3 is 1. The second-order valence-corrected chi connectivity index (χ2v) is 4.92. The van der Waals surface area contributed by atoms with Crippen LogP contribution in [0.5, 0.6) is 0 Å².